The highest BCUT2D eigenvalue weighted by molar-refractivity contribution is 5.79. The second-order valence-electron chi connectivity index (χ2n) is 5.84. The van der Waals surface area contributed by atoms with Crippen molar-refractivity contribution in [3.05, 3.63) is 17.8 Å². The van der Waals surface area contributed by atoms with Gasteiger partial charge in [0.1, 0.15) is 23.2 Å². The van der Waals surface area contributed by atoms with E-state index in [1.807, 2.05) is 0 Å². The van der Waals surface area contributed by atoms with Crippen molar-refractivity contribution in [1.82, 2.24) is 10.3 Å². The van der Waals surface area contributed by atoms with Gasteiger partial charge in [0.2, 0.25) is 5.88 Å². The van der Waals surface area contributed by atoms with E-state index in [0.717, 1.165) is 0 Å². The molecule has 0 aliphatic heterocycles. The third-order valence-corrected chi connectivity index (χ3v) is 2.81. The molecule has 1 rings (SSSR count). The molecule has 0 bridgehead atoms. The van der Waals surface area contributed by atoms with Crippen LogP contribution in [-0.4, -0.2) is 37.2 Å². The summed E-state index contributed by atoms with van der Waals surface area (Å²) in [7, 11) is 2.88. The minimum Gasteiger partial charge on any atom is -0.496 e. The molecule has 7 heteroatoms. The summed E-state index contributed by atoms with van der Waals surface area (Å²) in [4.78, 5) is 27.7. The van der Waals surface area contributed by atoms with Crippen LogP contribution in [0.3, 0.4) is 0 Å². The van der Waals surface area contributed by atoms with E-state index < -0.39 is 17.2 Å². The molecule has 1 amide bonds. The number of ether oxygens (including phenoxy) is 3. The summed E-state index contributed by atoms with van der Waals surface area (Å²) in [6.45, 7) is 6.72. The molecule has 0 aliphatic carbocycles. The Morgan fingerprint density at radius 2 is 1.86 bits per heavy atom. The van der Waals surface area contributed by atoms with Crippen LogP contribution in [0, 0.1) is 0 Å². The van der Waals surface area contributed by atoms with Crippen LogP contribution in [0.5, 0.6) is 11.6 Å². The Kier molecular flexibility index (Phi) is 5.35. The Hall–Kier alpha value is -2.31. The van der Waals surface area contributed by atoms with E-state index in [-0.39, 0.29) is 5.88 Å². The fourth-order valence-corrected chi connectivity index (χ4v) is 1.90. The van der Waals surface area contributed by atoms with E-state index in [1.54, 1.807) is 26.8 Å². The van der Waals surface area contributed by atoms with Crippen molar-refractivity contribution in [2.24, 2.45) is 0 Å². The number of amides is 1. The number of alkyl carbamates (subject to hydrolysis) is 1. The van der Waals surface area contributed by atoms with Gasteiger partial charge in [-0.15, -0.1) is 0 Å². The Labute approximate surface area is 130 Å². The maximum absolute atomic E-state index is 12.0. The molecule has 1 aromatic heterocycles. The highest BCUT2D eigenvalue weighted by Gasteiger charge is 2.36. The van der Waals surface area contributed by atoms with Crippen molar-refractivity contribution in [3.8, 4) is 11.6 Å². The summed E-state index contributed by atoms with van der Waals surface area (Å²) in [5, 5.41) is 2.54. The smallest absolute Gasteiger partial charge is 0.408 e. The molecule has 0 saturated carbocycles. The van der Waals surface area contributed by atoms with Crippen molar-refractivity contribution < 1.29 is 23.8 Å². The first-order valence-corrected chi connectivity index (χ1v) is 6.72. The van der Waals surface area contributed by atoms with Crippen LogP contribution < -0.4 is 14.8 Å². The zero-order chi connectivity index (χ0) is 17.0. The molecule has 1 N–H and O–H groups in total. The summed E-state index contributed by atoms with van der Waals surface area (Å²) in [5.74, 6) is 0.558. The average Bonchev–Trinajstić information content (AvgIpc) is 2.43. The highest BCUT2D eigenvalue weighted by Crippen LogP contribution is 2.35. The van der Waals surface area contributed by atoms with Gasteiger partial charge in [-0.05, 0) is 33.8 Å². The highest BCUT2D eigenvalue weighted by atomic mass is 16.6. The first-order chi connectivity index (χ1) is 10.2. The first-order valence-electron chi connectivity index (χ1n) is 6.72. The molecule has 22 heavy (non-hydrogen) atoms. The summed E-state index contributed by atoms with van der Waals surface area (Å²) >= 11 is 0. The molecule has 0 saturated heterocycles. The molecule has 0 spiro atoms. The fourth-order valence-electron chi connectivity index (χ4n) is 1.90. The molecule has 0 aromatic carbocycles. The summed E-state index contributed by atoms with van der Waals surface area (Å²) in [6.07, 6.45) is 1.34. The minimum absolute atomic E-state index is 0.185. The van der Waals surface area contributed by atoms with Gasteiger partial charge in [-0.3, -0.25) is 0 Å². The molecule has 1 aromatic rings. The van der Waals surface area contributed by atoms with Crippen LogP contribution in [-0.2, 0) is 15.1 Å². The molecule has 1 heterocycles. The second kappa shape index (κ2) is 6.64. The second-order valence-corrected chi connectivity index (χ2v) is 5.84. The van der Waals surface area contributed by atoms with Crippen molar-refractivity contribution in [3.63, 3.8) is 0 Å². The van der Waals surface area contributed by atoms with E-state index in [0.29, 0.717) is 17.6 Å². The number of pyridine rings is 1. The third kappa shape index (κ3) is 4.09. The van der Waals surface area contributed by atoms with Gasteiger partial charge in [-0.2, -0.15) is 0 Å². The number of aromatic nitrogens is 1. The number of carbonyl (C=O) groups is 2. The summed E-state index contributed by atoms with van der Waals surface area (Å²) in [6, 6.07) is 1.58. The van der Waals surface area contributed by atoms with Gasteiger partial charge in [0, 0.05) is 6.20 Å². The zero-order valence-corrected chi connectivity index (χ0v) is 13.7. The quantitative estimate of drug-likeness (QED) is 0.837. The van der Waals surface area contributed by atoms with Gasteiger partial charge < -0.3 is 24.3 Å². The van der Waals surface area contributed by atoms with Crippen LogP contribution in [0.1, 0.15) is 33.3 Å². The van der Waals surface area contributed by atoms with E-state index in [4.69, 9.17) is 14.2 Å². The normalized spacial score (nSPS) is 13.7. The van der Waals surface area contributed by atoms with Crippen molar-refractivity contribution in [2.75, 3.05) is 14.2 Å². The van der Waals surface area contributed by atoms with E-state index in [9.17, 15) is 9.59 Å². The third-order valence-electron chi connectivity index (χ3n) is 2.81. The van der Waals surface area contributed by atoms with Crippen LogP contribution in [0.2, 0.25) is 0 Å². The van der Waals surface area contributed by atoms with Gasteiger partial charge in [0.15, 0.2) is 0 Å². The molecule has 0 aliphatic rings. The SMILES string of the molecule is COc1ccnc(OC)c1C(C)(C=O)NC(=O)OC(C)(C)C. The molecule has 1 unspecified atom stereocenters. The Morgan fingerprint density at radius 3 is 2.32 bits per heavy atom. The lowest BCUT2D eigenvalue weighted by Gasteiger charge is -2.29. The van der Waals surface area contributed by atoms with Crippen LogP contribution >= 0.6 is 0 Å². The average molecular weight is 310 g/mol. The predicted molar refractivity (Wildman–Crippen MR) is 80.1 cm³/mol. The standard InChI is InChI=1S/C15H22N2O5/c1-14(2,3)22-13(19)17-15(4,9-18)11-10(20-5)7-8-16-12(11)21-6/h7-9H,1-6H3,(H,17,19). The number of nitrogens with one attached hydrogen (secondary N) is 1. The van der Waals surface area contributed by atoms with Crippen molar-refractivity contribution >= 4 is 12.4 Å². The van der Waals surface area contributed by atoms with E-state index in [1.165, 1.54) is 27.3 Å². The maximum atomic E-state index is 12.0. The molecule has 0 radical (unpaired) electrons. The molecular formula is C15H22N2O5. The first kappa shape index (κ1) is 17.7. The van der Waals surface area contributed by atoms with Crippen LogP contribution in [0.15, 0.2) is 12.3 Å². The Morgan fingerprint density at radius 1 is 1.23 bits per heavy atom. The topological polar surface area (TPSA) is 86.8 Å². The lowest BCUT2D eigenvalue weighted by molar-refractivity contribution is -0.113. The summed E-state index contributed by atoms with van der Waals surface area (Å²) < 4.78 is 15.6. The molecule has 7 nitrogen and oxygen atoms in total. The molecule has 1 atom stereocenters. The predicted octanol–water partition coefficient (Wildman–Crippen LogP) is 2.04. The zero-order valence-electron chi connectivity index (χ0n) is 13.7. The Bertz CT molecular complexity index is 531. The molecular weight excluding hydrogens is 288 g/mol. The number of hydrogen-bond donors (Lipinski definition) is 1. The largest absolute Gasteiger partial charge is 0.496 e. The lowest BCUT2D eigenvalue weighted by atomic mass is 9.93. The number of aldehydes is 1. The minimum atomic E-state index is -1.41. The number of hydrogen-bond acceptors (Lipinski definition) is 6. The van der Waals surface area contributed by atoms with Gasteiger partial charge in [-0.1, -0.05) is 0 Å². The number of carbonyl (C=O) groups excluding carboxylic acids is 2. The van der Waals surface area contributed by atoms with Crippen LogP contribution in [0.4, 0.5) is 4.79 Å². The number of nitrogens with zero attached hydrogens (tertiary/aromatic N) is 1. The van der Waals surface area contributed by atoms with Crippen molar-refractivity contribution in [1.29, 1.82) is 0 Å². The molecule has 122 valence electrons. The lowest BCUT2D eigenvalue weighted by Crippen LogP contribution is -2.47. The monoisotopic (exact) mass is 310 g/mol. The maximum Gasteiger partial charge on any atom is 0.408 e. The van der Waals surface area contributed by atoms with Gasteiger partial charge in [0.25, 0.3) is 0 Å². The number of methoxy groups -OCH3 is 2. The van der Waals surface area contributed by atoms with E-state index in [2.05, 4.69) is 10.3 Å². The van der Waals surface area contributed by atoms with E-state index >= 15 is 0 Å². The fraction of sp³-hybridized carbons (Fsp3) is 0.533. The van der Waals surface area contributed by atoms with Gasteiger partial charge >= 0.3 is 6.09 Å². The van der Waals surface area contributed by atoms with Crippen molar-refractivity contribution in [2.45, 2.75) is 38.8 Å². The van der Waals surface area contributed by atoms with Crippen LogP contribution in [0.25, 0.3) is 0 Å². The molecule has 0 fully saturated rings. The van der Waals surface area contributed by atoms with Gasteiger partial charge in [0.05, 0.1) is 19.8 Å². The summed E-state index contributed by atoms with van der Waals surface area (Å²) in [5.41, 5.74) is -1.77. The Balaban J connectivity index is 3.24. The van der Waals surface area contributed by atoms with Gasteiger partial charge in [-0.25, -0.2) is 9.78 Å². The number of rotatable bonds is 5.